The number of aromatic nitrogens is 1. The maximum Gasteiger partial charge on any atom is 0.122 e. The smallest absolute Gasteiger partial charge is 0.122 e. The second-order valence-corrected chi connectivity index (χ2v) is 7.07. The number of methoxy groups -OCH3 is 1. The molecule has 0 radical (unpaired) electrons. The minimum atomic E-state index is 0.340. The van der Waals surface area contributed by atoms with Crippen molar-refractivity contribution in [2.24, 2.45) is 0 Å². The maximum atomic E-state index is 5.46. The Labute approximate surface area is 130 Å². The molecule has 112 valence electrons. The van der Waals surface area contributed by atoms with Crippen molar-refractivity contribution in [1.29, 1.82) is 0 Å². The molecule has 4 heteroatoms. The molecule has 1 fully saturated rings. The summed E-state index contributed by atoms with van der Waals surface area (Å²) in [6.45, 7) is 4.31. The fourth-order valence-electron chi connectivity index (χ4n) is 3.01. The molecule has 3 nitrogen and oxygen atoms in total. The van der Waals surface area contributed by atoms with Crippen molar-refractivity contribution in [3.63, 3.8) is 0 Å². The van der Waals surface area contributed by atoms with Gasteiger partial charge in [-0.2, -0.15) is 0 Å². The largest absolute Gasteiger partial charge is 0.496 e. The number of nitrogens with zero attached hydrogens (tertiary/aromatic N) is 1. The third-order valence-corrected chi connectivity index (χ3v) is 5.31. The van der Waals surface area contributed by atoms with Crippen molar-refractivity contribution in [2.45, 2.75) is 44.7 Å². The minimum absolute atomic E-state index is 0.340. The van der Waals surface area contributed by atoms with E-state index < -0.39 is 0 Å². The highest BCUT2D eigenvalue weighted by Gasteiger charge is 2.33. The van der Waals surface area contributed by atoms with Crippen LogP contribution in [0.25, 0.3) is 0 Å². The monoisotopic (exact) mass is 302 g/mol. The number of ether oxygens (including phenoxy) is 1. The van der Waals surface area contributed by atoms with Crippen LogP contribution < -0.4 is 10.1 Å². The summed E-state index contributed by atoms with van der Waals surface area (Å²) in [5.74, 6) is 1.63. The van der Waals surface area contributed by atoms with Crippen molar-refractivity contribution >= 4 is 11.3 Å². The van der Waals surface area contributed by atoms with Crippen molar-refractivity contribution in [3.8, 4) is 5.75 Å². The van der Waals surface area contributed by atoms with Gasteiger partial charge in [-0.15, -0.1) is 11.3 Å². The number of hydrogen-bond acceptors (Lipinski definition) is 4. The van der Waals surface area contributed by atoms with Crippen LogP contribution >= 0.6 is 11.3 Å². The zero-order chi connectivity index (χ0) is 14.8. The Balaban J connectivity index is 1.56. The fraction of sp³-hybridized carbons (Fsp3) is 0.471. The first-order valence-electron chi connectivity index (χ1n) is 7.48. The van der Waals surface area contributed by atoms with Crippen LogP contribution in [0.3, 0.4) is 0 Å². The highest BCUT2D eigenvalue weighted by molar-refractivity contribution is 7.11. The van der Waals surface area contributed by atoms with Gasteiger partial charge < -0.3 is 10.1 Å². The van der Waals surface area contributed by atoms with E-state index in [1.807, 2.05) is 12.3 Å². The first-order chi connectivity index (χ1) is 10.2. The molecule has 0 spiro atoms. The predicted molar refractivity (Wildman–Crippen MR) is 87.2 cm³/mol. The molecule has 1 aromatic carbocycles. The molecule has 1 heterocycles. The van der Waals surface area contributed by atoms with Crippen LogP contribution in [0.2, 0.25) is 0 Å². The SMILES string of the molecule is COc1ccccc1C1CC(NC(C)c2ncc(C)s2)C1. The maximum absolute atomic E-state index is 5.46. The van der Waals surface area contributed by atoms with Gasteiger partial charge in [0.25, 0.3) is 0 Å². The molecule has 3 rings (SSSR count). The molecule has 0 amide bonds. The van der Waals surface area contributed by atoms with E-state index in [0.29, 0.717) is 18.0 Å². The normalized spacial score (nSPS) is 22.6. The summed E-state index contributed by atoms with van der Waals surface area (Å²) < 4.78 is 5.46. The third-order valence-electron chi connectivity index (χ3n) is 4.21. The molecular formula is C17H22N2OS. The molecule has 0 bridgehead atoms. The first-order valence-corrected chi connectivity index (χ1v) is 8.30. The highest BCUT2D eigenvalue weighted by Crippen LogP contribution is 2.41. The van der Waals surface area contributed by atoms with E-state index in [-0.39, 0.29) is 0 Å². The van der Waals surface area contributed by atoms with Crippen LogP contribution in [0.15, 0.2) is 30.5 Å². The Hall–Kier alpha value is -1.39. The Morgan fingerprint density at radius 3 is 2.76 bits per heavy atom. The topological polar surface area (TPSA) is 34.1 Å². The van der Waals surface area contributed by atoms with Crippen LogP contribution in [-0.4, -0.2) is 18.1 Å². The van der Waals surface area contributed by atoms with E-state index in [2.05, 4.69) is 42.3 Å². The Kier molecular flexibility index (Phi) is 4.27. The number of aryl methyl sites for hydroxylation is 1. The molecule has 1 saturated carbocycles. The van der Waals surface area contributed by atoms with E-state index in [0.717, 1.165) is 5.75 Å². The van der Waals surface area contributed by atoms with E-state index >= 15 is 0 Å². The Morgan fingerprint density at radius 2 is 2.10 bits per heavy atom. The number of nitrogens with one attached hydrogen (secondary N) is 1. The molecule has 2 aromatic rings. The number of rotatable bonds is 5. The summed E-state index contributed by atoms with van der Waals surface area (Å²) in [7, 11) is 1.75. The number of para-hydroxylation sites is 1. The van der Waals surface area contributed by atoms with Gasteiger partial charge in [-0.05, 0) is 44.2 Å². The van der Waals surface area contributed by atoms with Crippen LogP contribution in [0.1, 0.15) is 47.2 Å². The van der Waals surface area contributed by atoms with E-state index in [4.69, 9.17) is 4.74 Å². The molecule has 21 heavy (non-hydrogen) atoms. The van der Waals surface area contributed by atoms with Crippen molar-refractivity contribution in [3.05, 3.63) is 45.9 Å². The zero-order valence-electron chi connectivity index (χ0n) is 12.8. The van der Waals surface area contributed by atoms with E-state index in [1.165, 1.54) is 28.3 Å². The summed E-state index contributed by atoms with van der Waals surface area (Å²) in [5, 5.41) is 4.88. The van der Waals surface area contributed by atoms with Gasteiger partial charge in [0.15, 0.2) is 0 Å². The average molecular weight is 302 g/mol. The molecule has 1 N–H and O–H groups in total. The van der Waals surface area contributed by atoms with Gasteiger partial charge in [0, 0.05) is 17.1 Å². The third kappa shape index (κ3) is 3.11. The van der Waals surface area contributed by atoms with Crippen molar-refractivity contribution in [2.75, 3.05) is 7.11 Å². The number of benzene rings is 1. The van der Waals surface area contributed by atoms with Gasteiger partial charge in [-0.1, -0.05) is 18.2 Å². The lowest BCUT2D eigenvalue weighted by atomic mass is 9.75. The standard InChI is InChI=1S/C17H22N2OS/c1-11-10-18-17(21-11)12(2)19-14-8-13(9-14)15-6-4-5-7-16(15)20-3/h4-7,10,12-14,19H,8-9H2,1-3H3. The van der Waals surface area contributed by atoms with E-state index in [9.17, 15) is 0 Å². The minimum Gasteiger partial charge on any atom is -0.496 e. The van der Waals surface area contributed by atoms with Gasteiger partial charge in [-0.3, -0.25) is 0 Å². The lowest BCUT2D eigenvalue weighted by Crippen LogP contribution is -2.41. The molecule has 1 aliphatic rings. The summed E-state index contributed by atoms with van der Waals surface area (Å²) in [6.07, 6.45) is 4.31. The highest BCUT2D eigenvalue weighted by atomic mass is 32.1. The lowest BCUT2D eigenvalue weighted by molar-refractivity contribution is 0.265. The quantitative estimate of drug-likeness (QED) is 0.904. The molecule has 1 unspecified atom stereocenters. The number of thiazole rings is 1. The van der Waals surface area contributed by atoms with Gasteiger partial charge >= 0.3 is 0 Å². The molecule has 1 aliphatic carbocycles. The zero-order valence-corrected chi connectivity index (χ0v) is 13.6. The average Bonchev–Trinajstić information content (AvgIpc) is 2.89. The lowest BCUT2D eigenvalue weighted by Gasteiger charge is -2.38. The summed E-state index contributed by atoms with van der Waals surface area (Å²) in [5.41, 5.74) is 1.34. The molecule has 1 aromatic heterocycles. The van der Waals surface area contributed by atoms with Gasteiger partial charge in [0.2, 0.25) is 0 Å². The predicted octanol–water partition coefficient (Wildman–Crippen LogP) is 4.06. The van der Waals surface area contributed by atoms with E-state index in [1.54, 1.807) is 18.4 Å². The second-order valence-electron chi connectivity index (χ2n) is 5.80. The van der Waals surface area contributed by atoms with Crippen LogP contribution in [0.5, 0.6) is 5.75 Å². The molecule has 1 atom stereocenters. The number of hydrogen-bond donors (Lipinski definition) is 1. The van der Waals surface area contributed by atoms with Gasteiger partial charge in [0.1, 0.15) is 10.8 Å². The Bertz CT molecular complexity index is 604. The van der Waals surface area contributed by atoms with Crippen LogP contribution in [0, 0.1) is 6.92 Å². The van der Waals surface area contributed by atoms with Gasteiger partial charge in [0.05, 0.1) is 13.2 Å². The van der Waals surface area contributed by atoms with Gasteiger partial charge in [-0.25, -0.2) is 4.98 Å². The molecule has 0 aliphatic heterocycles. The van der Waals surface area contributed by atoms with Crippen LogP contribution in [0.4, 0.5) is 0 Å². The van der Waals surface area contributed by atoms with Crippen molar-refractivity contribution in [1.82, 2.24) is 10.3 Å². The summed E-state index contributed by atoms with van der Waals surface area (Å²) >= 11 is 1.78. The first kappa shape index (κ1) is 14.5. The summed E-state index contributed by atoms with van der Waals surface area (Å²) in [4.78, 5) is 5.74. The Morgan fingerprint density at radius 1 is 1.33 bits per heavy atom. The fourth-order valence-corrected chi connectivity index (χ4v) is 3.79. The molecular weight excluding hydrogens is 280 g/mol. The van der Waals surface area contributed by atoms with Crippen molar-refractivity contribution < 1.29 is 4.74 Å². The second kappa shape index (κ2) is 6.16. The summed E-state index contributed by atoms with van der Waals surface area (Å²) in [6, 6.07) is 9.29. The van der Waals surface area contributed by atoms with Crippen LogP contribution in [-0.2, 0) is 0 Å². The molecule has 0 saturated heterocycles.